The van der Waals surface area contributed by atoms with Crippen LogP contribution in [0.5, 0.6) is 0 Å². The zero-order valence-electron chi connectivity index (χ0n) is 38.3. The lowest BCUT2D eigenvalue weighted by Crippen LogP contribution is -2.75. The van der Waals surface area contributed by atoms with E-state index < -0.39 is 8.07 Å². The maximum absolute atomic E-state index is 3.04. The molecular weight excluding hydrogens is 863 g/mol. The largest absolute Gasteiger partial charge is 0.307 e. The summed E-state index contributed by atoms with van der Waals surface area (Å²) in [6.07, 6.45) is 0. The molecule has 0 N–H and O–H groups in total. The molecule has 0 aliphatic rings. The fraction of sp³-hybridized carbons (Fsp3) is 0. The van der Waals surface area contributed by atoms with E-state index in [9.17, 15) is 0 Å². The molecule has 3 nitrogen and oxygen atoms in total. The Morgan fingerprint density at radius 3 is 1.14 bits per heavy atom. The molecule has 4 heteroatoms. The second-order valence-electron chi connectivity index (χ2n) is 18.4. The van der Waals surface area contributed by atoms with Crippen LogP contribution in [0.15, 0.2) is 273 Å². The highest BCUT2D eigenvalue weighted by atomic mass is 28.3. The van der Waals surface area contributed by atoms with Crippen LogP contribution < -0.4 is 20.7 Å². The van der Waals surface area contributed by atoms with Crippen molar-refractivity contribution in [2.75, 3.05) is 0 Å². The van der Waals surface area contributed by atoms with Gasteiger partial charge in [0.05, 0.1) is 44.5 Å². The zero-order chi connectivity index (χ0) is 46.2. The monoisotopic (exact) mass is 907 g/mol. The summed E-state index contributed by atoms with van der Waals surface area (Å²) in [6, 6.07) is 102. The third-order valence-electron chi connectivity index (χ3n) is 14.8. The highest BCUT2D eigenvalue weighted by Gasteiger charge is 2.43. The van der Waals surface area contributed by atoms with Crippen molar-refractivity contribution in [3.8, 4) is 28.2 Å². The van der Waals surface area contributed by atoms with Gasteiger partial charge in [0.25, 0.3) is 0 Å². The van der Waals surface area contributed by atoms with Crippen LogP contribution in [0.3, 0.4) is 0 Å². The van der Waals surface area contributed by atoms with Gasteiger partial charge in [-0.05, 0) is 74.3 Å². The molecule has 0 aliphatic heterocycles. The van der Waals surface area contributed by atoms with Gasteiger partial charge in [-0.2, -0.15) is 0 Å². The first-order valence-electron chi connectivity index (χ1n) is 24.2. The number of para-hydroxylation sites is 6. The Balaban J connectivity index is 1.18. The van der Waals surface area contributed by atoms with E-state index in [2.05, 4.69) is 287 Å². The van der Waals surface area contributed by atoms with Crippen molar-refractivity contribution in [3.05, 3.63) is 273 Å². The predicted molar refractivity (Wildman–Crippen MR) is 299 cm³/mol. The average Bonchev–Trinajstić information content (AvgIpc) is 4.09. The van der Waals surface area contributed by atoms with Crippen molar-refractivity contribution in [2.24, 2.45) is 0 Å². The van der Waals surface area contributed by atoms with E-state index in [-0.39, 0.29) is 0 Å². The maximum Gasteiger partial charge on any atom is 0.181 e. The summed E-state index contributed by atoms with van der Waals surface area (Å²) in [4.78, 5) is 0. The van der Waals surface area contributed by atoms with Crippen LogP contribution in [-0.4, -0.2) is 21.8 Å². The second kappa shape index (κ2) is 16.1. The summed E-state index contributed by atoms with van der Waals surface area (Å²) in [5.41, 5.74) is 12.8. The molecule has 11 aromatic carbocycles. The number of nitrogens with zero attached hydrogens (tertiary/aromatic N) is 3. The van der Waals surface area contributed by atoms with Gasteiger partial charge in [-0.25, -0.2) is 0 Å². The number of hydrogen-bond acceptors (Lipinski definition) is 0. The van der Waals surface area contributed by atoms with E-state index in [1.54, 1.807) is 0 Å². The van der Waals surface area contributed by atoms with Crippen LogP contribution in [0, 0.1) is 0 Å². The van der Waals surface area contributed by atoms with Gasteiger partial charge in [-0.3, -0.25) is 0 Å². The first-order valence-corrected chi connectivity index (χ1v) is 26.2. The van der Waals surface area contributed by atoms with Crippen LogP contribution in [0.2, 0.25) is 0 Å². The normalized spacial score (nSPS) is 12.0. The summed E-state index contributed by atoms with van der Waals surface area (Å²) >= 11 is 0. The van der Waals surface area contributed by atoms with Crippen molar-refractivity contribution < 1.29 is 0 Å². The van der Waals surface area contributed by atoms with Crippen molar-refractivity contribution in [1.82, 2.24) is 13.7 Å². The van der Waals surface area contributed by atoms with Crippen LogP contribution in [0.4, 0.5) is 0 Å². The minimum Gasteiger partial charge on any atom is -0.307 e. The predicted octanol–water partition coefficient (Wildman–Crippen LogP) is 14.0. The number of benzene rings is 11. The Kier molecular flexibility index (Phi) is 9.23. The fourth-order valence-electron chi connectivity index (χ4n) is 11.9. The molecule has 0 aliphatic carbocycles. The van der Waals surface area contributed by atoms with Gasteiger partial charge < -0.3 is 13.7 Å². The summed E-state index contributed by atoms with van der Waals surface area (Å²) < 4.78 is 7.68. The molecule has 0 saturated heterocycles. The van der Waals surface area contributed by atoms with Crippen molar-refractivity contribution in [1.29, 1.82) is 0 Å². The molecule has 3 heterocycles. The topological polar surface area (TPSA) is 14.8 Å². The molecular formula is C66H45N3Si. The summed E-state index contributed by atoms with van der Waals surface area (Å²) in [6.45, 7) is 0. The maximum atomic E-state index is 2.62. The summed E-state index contributed by atoms with van der Waals surface area (Å²) in [7, 11) is -3.04. The van der Waals surface area contributed by atoms with Gasteiger partial charge in [0.2, 0.25) is 0 Å². The molecule has 0 radical (unpaired) electrons. The molecule has 14 aromatic rings. The van der Waals surface area contributed by atoms with E-state index >= 15 is 0 Å². The van der Waals surface area contributed by atoms with Gasteiger partial charge in [0.1, 0.15) is 0 Å². The minimum absolute atomic E-state index is 1.10. The summed E-state index contributed by atoms with van der Waals surface area (Å²) in [5, 5.41) is 12.7. The van der Waals surface area contributed by atoms with Crippen LogP contribution in [-0.2, 0) is 0 Å². The van der Waals surface area contributed by atoms with E-state index in [4.69, 9.17) is 0 Å². The number of rotatable bonds is 8. The van der Waals surface area contributed by atoms with Crippen LogP contribution in [0.25, 0.3) is 93.6 Å². The van der Waals surface area contributed by atoms with E-state index in [0.717, 1.165) is 28.1 Å². The third kappa shape index (κ3) is 5.87. The SMILES string of the molecule is c1ccc(-c2cccc(-n3c4c(-n5c6ccccc6c6ccccc65)cccc4c4cccc(-n5c6ccccc6c6cccc([Si](c7ccccc7)(c7ccccc7)c7ccccc7)c65)c43)c2)cc1. The first kappa shape index (κ1) is 40.1. The molecule has 0 spiro atoms. The standard InChI is InChI=1S/C66H45N3Si/c1-5-23-46(24-6-1)47-25-19-26-48(45-47)67-64-56(36-20-42-61(64)68-58-39-16-13-33-52(58)53-34-14-17-40-59(53)68)57-37-21-43-62(65(57)67)69-60-41-18-15-35-54(60)55-38-22-44-63(66(55)69)70(49-27-7-2-8-28-49,50-29-9-3-10-30-50)51-31-11-4-12-32-51/h1-45H. The molecule has 0 atom stereocenters. The molecule has 328 valence electrons. The number of hydrogen-bond donors (Lipinski definition) is 0. The summed E-state index contributed by atoms with van der Waals surface area (Å²) in [5.74, 6) is 0. The molecule has 0 saturated carbocycles. The fourth-order valence-corrected chi connectivity index (χ4v) is 16.9. The molecule has 0 unspecified atom stereocenters. The minimum atomic E-state index is -3.04. The molecule has 0 bridgehead atoms. The van der Waals surface area contributed by atoms with Crippen LogP contribution in [0.1, 0.15) is 0 Å². The molecule has 70 heavy (non-hydrogen) atoms. The van der Waals surface area contributed by atoms with Gasteiger partial charge in [0.15, 0.2) is 8.07 Å². The van der Waals surface area contributed by atoms with Crippen LogP contribution >= 0.6 is 0 Å². The van der Waals surface area contributed by atoms with Crippen molar-refractivity contribution in [3.63, 3.8) is 0 Å². The highest BCUT2D eigenvalue weighted by Crippen LogP contribution is 2.43. The Labute approximate surface area is 407 Å². The number of fused-ring (bicyclic) bond motifs is 9. The first-order chi connectivity index (χ1) is 34.8. The van der Waals surface area contributed by atoms with Crippen molar-refractivity contribution in [2.45, 2.75) is 0 Å². The highest BCUT2D eigenvalue weighted by molar-refractivity contribution is 7.20. The Bertz CT molecular complexity index is 4130. The quantitative estimate of drug-likeness (QED) is 0.107. The zero-order valence-corrected chi connectivity index (χ0v) is 39.3. The van der Waals surface area contributed by atoms with Gasteiger partial charge in [-0.15, -0.1) is 0 Å². The molecule has 14 rings (SSSR count). The lowest BCUT2D eigenvalue weighted by atomic mass is 10.1. The second-order valence-corrected chi connectivity index (χ2v) is 22.1. The van der Waals surface area contributed by atoms with E-state index in [0.29, 0.717) is 0 Å². The average molecular weight is 908 g/mol. The molecule has 0 fully saturated rings. The van der Waals surface area contributed by atoms with E-state index in [1.165, 1.54) is 86.3 Å². The number of aromatic nitrogens is 3. The van der Waals surface area contributed by atoms with Gasteiger partial charge >= 0.3 is 0 Å². The van der Waals surface area contributed by atoms with Gasteiger partial charge in [0, 0.05) is 38.0 Å². The lowest BCUT2D eigenvalue weighted by Gasteiger charge is -2.35. The third-order valence-corrected chi connectivity index (χ3v) is 19.6. The molecule has 3 aromatic heterocycles. The lowest BCUT2D eigenvalue weighted by molar-refractivity contribution is 1.11. The van der Waals surface area contributed by atoms with Gasteiger partial charge in [-0.1, -0.05) is 231 Å². The smallest absolute Gasteiger partial charge is 0.181 e. The Hall–Kier alpha value is -8.96. The van der Waals surface area contributed by atoms with Crippen molar-refractivity contribution >= 4 is 94.2 Å². The Morgan fingerprint density at radius 1 is 0.243 bits per heavy atom. The van der Waals surface area contributed by atoms with E-state index in [1.807, 2.05) is 0 Å². The molecule has 0 amide bonds. The Morgan fingerprint density at radius 2 is 0.614 bits per heavy atom.